The Hall–Kier alpha value is -2.11. The number of nitrogens with one attached hydrogen (secondary N) is 1. The Kier molecular flexibility index (Phi) is 4.65. The molecule has 6 nitrogen and oxygen atoms in total. The van der Waals surface area contributed by atoms with Crippen LogP contribution in [-0.2, 0) is 4.79 Å². The number of rotatable bonds is 5. The molecule has 6 heteroatoms. The van der Waals surface area contributed by atoms with Gasteiger partial charge in [-0.15, -0.1) is 0 Å². The van der Waals surface area contributed by atoms with Crippen LogP contribution in [0.4, 0.5) is 0 Å². The normalized spacial score (nSPS) is 12.0. The quantitative estimate of drug-likeness (QED) is 0.795. The number of aromatic nitrogens is 1. The highest BCUT2D eigenvalue weighted by Crippen LogP contribution is 2.09. The van der Waals surface area contributed by atoms with E-state index in [1.807, 2.05) is 13.8 Å². The van der Waals surface area contributed by atoms with Gasteiger partial charge in [-0.3, -0.25) is 9.59 Å². The number of ether oxygens (including phenoxy) is 1. The van der Waals surface area contributed by atoms with Crippen molar-refractivity contribution in [2.45, 2.75) is 32.9 Å². The molecule has 0 aliphatic heterocycles. The van der Waals surface area contributed by atoms with Crippen LogP contribution in [0.3, 0.4) is 0 Å². The van der Waals surface area contributed by atoms with E-state index < -0.39 is 17.9 Å². The van der Waals surface area contributed by atoms with E-state index in [9.17, 15) is 9.59 Å². The van der Waals surface area contributed by atoms with Gasteiger partial charge in [-0.05, 0) is 26.8 Å². The standard InChI is InChI=1S/C12H17N3O3/c1-7(2)18-10-5-4-9(6-14-10)12(17)15-8(3)11(13)16/h4-8H,1-3H3,(H2,13,16)(H,15,17)/t8-/m0/s1. The molecule has 1 aromatic heterocycles. The largest absolute Gasteiger partial charge is 0.475 e. The maximum absolute atomic E-state index is 11.7. The molecule has 2 amide bonds. The van der Waals surface area contributed by atoms with Crippen LogP contribution in [0.5, 0.6) is 5.88 Å². The van der Waals surface area contributed by atoms with Crippen molar-refractivity contribution in [3.63, 3.8) is 0 Å². The molecule has 0 saturated carbocycles. The predicted octanol–water partition coefficient (Wildman–Crippen LogP) is 0.472. The lowest BCUT2D eigenvalue weighted by molar-refractivity contribution is -0.119. The Bertz CT molecular complexity index is 429. The van der Waals surface area contributed by atoms with Gasteiger partial charge in [-0.25, -0.2) is 4.98 Å². The molecule has 1 atom stereocenters. The summed E-state index contributed by atoms with van der Waals surface area (Å²) in [5.41, 5.74) is 5.40. The van der Waals surface area contributed by atoms with Crippen LogP contribution >= 0.6 is 0 Å². The maximum atomic E-state index is 11.7. The summed E-state index contributed by atoms with van der Waals surface area (Å²) in [6.07, 6.45) is 1.41. The Labute approximate surface area is 106 Å². The second kappa shape index (κ2) is 6.00. The molecule has 0 fully saturated rings. The molecule has 0 bridgehead atoms. The van der Waals surface area contributed by atoms with Gasteiger partial charge in [-0.1, -0.05) is 0 Å². The van der Waals surface area contributed by atoms with E-state index in [-0.39, 0.29) is 6.10 Å². The highest BCUT2D eigenvalue weighted by Gasteiger charge is 2.14. The number of hydrogen-bond donors (Lipinski definition) is 2. The molecule has 0 saturated heterocycles. The van der Waals surface area contributed by atoms with Crippen molar-refractivity contribution in [2.75, 3.05) is 0 Å². The van der Waals surface area contributed by atoms with E-state index >= 15 is 0 Å². The van der Waals surface area contributed by atoms with Crippen molar-refractivity contribution in [1.29, 1.82) is 0 Å². The second-order valence-electron chi connectivity index (χ2n) is 4.15. The SMILES string of the molecule is CC(C)Oc1ccc(C(=O)N[C@@H](C)C(N)=O)cn1. The molecular weight excluding hydrogens is 234 g/mol. The van der Waals surface area contributed by atoms with Crippen LogP contribution in [0, 0.1) is 0 Å². The summed E-state index contributed by atoms with van der Waals surface area (Å²) in [5.74, 6) is -0.537. The first kappa shape index (κ1) is 14.0. The van der Waals surface area contributed by atoms with Crippen LogP contribution in [0.2, 0.25) is 0 Å². The van der Waals surface area contributed by atoms with E-state index in [1.54, 1.807) is 12.1 Å². The summed E-state index contributed by atoms with van der Waals surface area (Å²) in [4.78, 5) is 26.5. The Balaban J connectivity index is 2.67. The van der Waals surface area contributed by atoms with E-state index in [4.69, 9.17) is 10.5 Å². The van der Waals surface area contributed by atoms with Crippen molar-refractivity contribution in [3.05, 3.63) is 23.9 Å². The third-order valence-corrected chi connectivity index (χ3v) is 2.13. The summed E-state index contributed by atoms with van der Waals surface area (Å²) in [7, 11) is 0. The van der Waals surface area contributed by atoms with Gasteiger partial charge in [0, 0.05) is 12.3 Å². The Morgan fingerprint density at radius 1 is 1.33 bits per heavy atom. The molecule has 98 valence electrons. The summed E-state index contributed by atoms with van der Waals surface area (Å²) < 4.78 is 5.35. The van der Waals surface area contributed by atoms with Crippen LogP contribution in [-0.4, -0.2) is 28.9 Å². The van der Waals surface area contributed by atoms with Crippen molar-refractivity contribution >= 4 is 11.8 Å². The predicted molar refractivity (Wildman–Crippen MR) is 66.1 cm³/mol. The van der Waals surface area contributed by atoms with Crippen molar-refractivity contribution in [1.82, 2.24) is 10.3 Å². The zero-order chi connectivity index (χ0) is 13.7. The molecular formula is C12H17N3O3. The lowest BCUT2D eigenvalue weighted by atomic mass is 10.2. The average Bonchev–Trinajstić information content (AvgIpc) is 2.28. The molecule has 1 aromatic rings. The number of carbonyl (C=O) groups excluding carboxylic acids is 2. The maximum Gasteiger partial charge on any atom is 0.253 e. The highest BCUT2D eigenvalue weighted by molar-refractivity contribution is 5.96. The minimum Gasteiger partial charge on any atom is -0.475 e. The molecule has 1 rings (SSSR count). The van der Waals surface area contributed by atoms with Crippen LogP contribution in [0.25, 0.3) is 0 Å². The summed E-state index contributed by atoms with van der Waals surface area (Å²) >= 11 is 0. The van der Waals surface area contributed by atoms with E-state index in [0.717, 1.165) is 0 Å². The third-order valence-electron chi connectivity index (χ3n) is 2.13. The molecule has 1 heterocycles. The fourth-order valence-electron chi connectivity index (χ4n) is 1.18. The van der Waals surface area contributed by atoms with Gasteiger partial charge in [0.05, 0.1) is 11.7 Å². The molecule has 0 aliphatic rings. The minimum atomic E-state index is -0.718. The van der Waals surface area contributed by atoms with Crippen molar-refractivity contribution in [3.8, 4) is 5.88 Å². The number of carbonyl (C=O) groups is 2. The molecule has 0 radical (unpaired) electrons. The van der Waals surface area contributed by atoms with Gasteiger partial charge >= 0.3 is 0 Å². The lowest BCUT2D eigenvalue weighted by Gasteiger charge is -2.11. The number of pyridine rings is 1. The average molecular weight is 251 g/mol. The van der Waals surface area contributed by atoms with Gasteiger partial charge in [-0.2, -0.15) is 0 Å². The fraction of sp³-hybridized carbons (Fsp3) is 0.417. The van der Waals surface area contributed by atoms with Gasteiger partial charge in [0.15, 0.2) is 0 Å². The first-order chi connectivity index (χ1) is 8.40. The third kappa shape index (κ3) is 4.04. The van der Waals surface area contributed by atoms with Gasteiger partial charge < -0.3 is 15.8 Å². The number of primary amides is 1. The minimum absolute atomic E-state index is 0.0204. The number of amides is 2. The smallest absolute Gasteiger partial charge is 0.253 e. The second-order valence-corrected chi connectivity index (χ2v) is 4.15. The summed E-state index contributed by atoms with van der Waals surface area (Å²) in [5, 5.41) is 2.46. The Morgan fingerprint density at radius 3 is 2.44 bits per heavy atom. The topological polar surface area (TPSA) is 94.3 Å². The first-order valence-corrected chi connectivity index (χ1v) is 5.63. The number of nitrogens with zero attached hydrogens (tertiary/aromatic N) is 1. The number of hydrogen-bond acceptors (Lipinski definition) is 4. The monoisotopic (exact) mass is 251 g/mol. The molecule has 0 aromatic carbocycles. The van der Waals surface area contributed by atoms with Gasteiger partial charge in [0.1, 0.15) is 6.04 Å². The Morgan fingerprint density at radius 2 is 2.00 bits per heavy atom. The van der Waals surface area contributed by atoms with E-state index in [1.165, 1.54) is 13.1 Å². The lowest BCUT2D eigenvalue weighted by Crippen LogP contribution is -2.42. The zero-order valence-corrected chi connectivity index (χ0v) is 10.6. The van der Waals surface area contributed by atoms with E-state index in [0.29, 0.717) is 11.4 Å². The number of nitrogens with two attached hydrogens (primary N) is 1. The van der Waals surface area contributed by atoms with Crippen molar-refractivity contribution < 1.29 is 14.3 Å². The zero-order valence-electron chi connectivity index (χ0n) is 10.6. The molecule has 0 unspecified atom stereocenters. The van der Waals surface area contributed by atoms with Crippen molar-refractivity contribution in [2.24, 2.45) is 5.73 Å². The first-order valence-electron chi connectivity index (χ1n) is 5.63. The van der Waals surface area contributed by atoms with Gasteiger partial charge in [0.25, 0.3) is 5.91 Å². The van der Waals surface area contributed by atoms with Crippen LogP contribution in [0.15, 0.2) is 18.3 Å². The van der Waals surface area contributed by atoms with Crippen LogP contribution < -0.4 is 15.8 Å². The fourth-order valence-corrected chi connectivity index (χ4v) is 1.18. The summed E-state index contributed by atoms with van der Waals surface area (Å²) in [6, 6.07) is 2.46. The molecule has 3 N–H and O–H groups in total. The molecule has 0 spiro atoms. The van der Waals surface area contributed by atoms with Gasteiger partial charge in [0.2, 0.25) is 11.8 Å². The highest BCUT2D eigenvalue weighted by atomic mass is 16.5. The summed E-state index contributed by atoms with van der Waals surface area (Å²) in [6.45, 7) is 5.29. The van der Waals surface area contributed by atoms with Crippen LogP contribution in [0.1, 0.15) is 31.1 Å². The van der Waals surface area contributed by atoms with E-state index in [2.05, 4.69) is 10.3 Å². The molecule has 0 aliphatic carbocycles. The molecule has 18 heavy (non-hydrogen) atoms.